The van der Waals surface area contributed by atoms with Crippen molar-refractivity contribution in [3.8, 4) is 0 Å². The van der Waals surface area contributed by atoms with E-state index in [0.29, 0.717) is 16.0 Å². The average molecular weight is 189 g/mol. The van der Waals surface area contributed by atoms with Crippen LogP contribution in [0.1, 0.15) is 13.8 Å². The van der Waals surface area contributed by atoms with Crippen molar-refractivity contribution in [3.63, 3.8) is 0 Å². The molecule has 8 heavy (non-hydrogen) atoms. The predicted molar refractivity (Wildman–Crippen MR) is 43.6 cm³/mol. The Labute approximate surface area is 63.4 Å². The topological polar surface area (TPSA) is 9.23 Å². The molecule has 0 N–H and O–H groups in total. The molecule has 0 heterocycles. The first-order chi connectivity index (χ1) is 3.50. The molecule has 0 aromatic carbocycles. The van der Waals surface area contributed by atoms with E-state index in [2.05, 4.69) is 0 Å². The summed E-state index contributed by atoms with van der Waals surface area (Å²) in [5.74, 6) is 0. The maximum atomic E-state index is 5.77. The molecule has 5 heteroatoms. The second-order valence-corrected chi connectivity index (χ2v) is 9.78. The number of rotatable bonds is 2. The van der Waals surface area contributed by atoms with Crippen LogP contribution in [-0.2, 0) is 4.12 Å². The summed E-state index contributed by atoms with van der Waals surface area (Å²) in [5, 5.41) is 0. The normalized spacial score (nSPS) is 13.1. The molecule has 0 spiro atoms. The van der Waals surface area contributed by atoms with Crippen molar-refractivity contribution in [3.05, 3.63) is 0 Å². The van der Waals surface area contributed by atoms with Gasteiger partial charge in [0, 0.05) is 0 Å². The summed E-state index contributed by atoms with van der Waals surface area (Å²) in [6.07, 6.45) is 0. The lowest BCUT2D eigenvalue weighted by Crippen LogP contribution is -2.26. The van der Waals surface area contributed by atoms with Crippen LogP contribution in [0.4, 0.5) is 0 Å². The van der Waals surface area contributed by atoms with Crippen molar-refractivity contribution >= 4 is 39.6 Å². The standard InChI is InChI=1S/C3H10Cl2OSi2/c1-3(2)8(4,5)6-7/h3H,1-2,7H3. The summed E-state index contributed by atoms with van der Waals surface area (Å²) < 4.78 is 5.01. The van der Waals surface area contributed by atoms with Gasteiger partial charge in [0.25, 0.3) is 0 Å². The highest BCUT2D eigenvalue weighted by atomic mass is 35.7. The Hall–Kier alpha value is 0.974. The molecule has 0 radical (unpaired) electrons. The second-order valence-electron chi connectivity index (χ2n) is 1.92. The Morgan fingerprint density at radius 2 is 1.88 bits per heavy atom. The molecule has 0 saturated carbocycles. The van der Waals surface area contributed by atoms with Crippen LogP contribution >= 0.6 is 22.2 Å². The van der Waals surface area contributed by atoms with E-state index in [1.54, 1.807) is 0 Å². The van der Waals surface area contributed by atoms with Gasteiger partial charge in [0.15, 0.2) is 0 Å². The second kappa shape index (κ2) is 3.22. The molecule has 0 unspecified atom stereocenters. The van der Waals surface area contributed by atoms with E-state index >= 15 is 0 Å². The molecule has 0 aromatic heterocycles. The molecular weight excluding hydrogens is 179 g/mol. The Balaban J connectivity index is 3.71. The van der Waals surface area contributed by atoms with Crippen LogP contribution in [0, 0.1) is 0 Å². The quantitative estimate of drug-likeness (QED) is 0.467. The summed E-state index contributed by atoms with van der Waals surface area (Å²) in [7, 11) is 0.643. The van der Waals surface area contributed by atoms with Gasteiger partial charge in [-0.15, -0.1) is 22.2 Å². The van der Waals surface area contributed by atoms with E-state index in [9.17, 15) is 0 Å². The first kappa shape index (κ1) is 8.97. The van der Waals surface area contributed by atoms with Gasteiger partial charge in [-0.25, -0.2) is 0 Å². The number of hydrogen-bond acceptors (Lipinski definition) is 1. The lowest BCUT2D eigenvalue weighted by molar-refractivity contribution is 0.624. The zero-order valence-corrected chi connectivity index (χ0v) is 9.75. The Morgan fingerprint density at radius 3 is 1.88 bits per heavy atom. The number of halogens is 2. The lowest BCUT2D eigenvalue weighted by Gasteiger charge is -2.17. The average Bonchev–Trinajstić information content (AvgIpc) is 1.67. The van der Waals surface area contributed by atoms with Crippen LogP contribution in [0.15, 0.2) is 0 Å². The summed E-state index contributed by atoms with van der Waals surface area (Å²) in [6.45, 7) is 1.70. The Morgan fingerprint density at radius 1 is 1.50 bits per heavy atom. The molecule has 50 valence electrons. The zero-order valence-electron chi connectivity index (χ0n) is 5.24. The Bertz CT molecular complexity index is 75.7. The molecule has 0 saturated heterocycles. The molecule has 1 nitrogen and oxygen atoms in total. The summed E-state index contributed by atoms with van der Waals surface area (Å²) in [5.41, 5.74) is 0.295. The maximum absolute atomic E-state index is 5.77. The minimum Gasteiger partial charge on any atom is -0.442 e. The lowest BCUT2D eigenvalue weighted by atomic mass is 10.6. The molecule has 0 bridgehead atoms. The molecule has 0 aliphatic heterocycles. The van der Waals surface area contributed by atoms with Crippen molar-refractivity contribution in [2.45, 2.75) is 19.4 Å². The third-order valence-electron chi connectivity index (χ3n) is 0.944. The van der Waals surface area contributed by atoms with Crippen LogP contribution in [0.5, 0.6) is 0 Å². The monoisotopic (exact) mass is 188 g/mol. The molecule has 0 rings (SSSR count). The van der Waals surface area contributed by atoms with Crippen molar-refractivity contribution in [2.24, 2.45) is 0 Å². The van der Waals surface area contributed by atoms with Crippen LogP contribution in [-0.4, -0.2) is 17.4 Å². The molecule has 0 amide bonds. The highest BCUT2D eigenvalue weighted by molar-refractivity contribution is 7.43. The van der Waals surface area contributed by atoms with Crippen molar-refractivity contribution < 1.29 is 4.12 Å². The maximum Gasteiger partial charge on any atom is 0.381 e. The first-order valence-electron chi connectivity index (χ1n) is 2.43. The van der Waals surface area contributed by atoms with Crippen molar-refractivity contribution in [1.29, 1.82) is 0 Å². The summed E-state index contributed by atoms with van der Waals surface area (Å²) in [6, 6.07) is 0. The van der Waals surface area contributed by atoms with E-state index in [-0.39, 0.29) is 0 Å². The van der Waals surface area contributed by atoms with Gasteiger partial charge in [-0.1, -0.05) is 13.8 Å². The molecule has 0 aliphatic rings. The van der Waals surface area contributed by atoms with E-state index in [0.717, 1.165) is 0 Å². The molecular formula is C3H10Cl2OSi2. The molecule has 0 aliphatic carbocycles. The fourth-order valence-corrected chi connectivity index (χ4v) is 2.12. The van der Waals surface area contributed by atoms with Crippen molar-refractivity contribution in [2.75, 3.05) is 0 Å². The minimum atomic E-state index is -2.25. The van der Waals surface area contributed by atoms with Gasteiger partial charge in [-0.2, -0.15) is 0 Å². The van der Waals surface area contributed by atoms with E-state index < -0.39 is 6.94 Å². The fourth-order valence-electron chi connectivity index (χ4n) is 0.236. The smallest absolute Gasteiger partial charge is 0.381 e. The van der Waals surface area contributed by atoms with Gasteiger partial charge in [0.05, 0.1) is 0 Å². The van der Waals surface area contributed by atoms with Gasteiger partial charge >= 0.3 is 6.94 Å². The summed E-state index contributed by atoms with van der Waals surface area (Å²) >= 11 is 11.5. The Kier molecular flexibility index (Phi) is 3.61. The summed E-state index contributed by atoms with van der Waals surface area (Å²) in [4.78, 5) is 0. The van der Waals surface area contributed by atoms with Gasteiger partial charge in [0.1, 0.15) is 10.5 Å². The highest BCUT2D eigenvalue weighted by Crippen LogP contribution is 2.28. The third-order valence-corrected chi connectivity index (χ3v) is 9.86. The largest absolute Gasteiger partial charge is 0.442 e. The van der Waals surface area contributed by atoms with Gasteiger partial charge in [-0.05, 0) is 5.54 Å². The predicted octanol–water partition coefficient (Wildman–Crippen LogP) is 1.11. The fraction of sp³-hybridized carbons (Fsp3) is 1.00. The van der Waals surface area contributed by atoms with Crippen LogP contribution in [0.2, 0.25) is 5.54 Å². The van der Waals surface area contributed by atoms with Crippen LogP contribution < -0.4 is 0 Å². The van der Waals surface area contributed by atoms with Gasteiger partial charge in [-0.3, -0.25) is 0 Å². The minimum absolute atomic E-state index is 0.295. The van der Waals surface area contributed by atoms with E-state index in [1.165, 1.54) is 0 Å². The first-order valence-corrected chi connectivity index (χ1v) is 7.26. The van der Waals surface area contributed by atoms with Gasteiger partial charge in [0.2, 0.25) is 0 Å². The van der Waals surface area contributed by atoms with E-state index in [4.69, 9.17) is 26.3 Å². The van der Waals surface area contributed by atoms with E-state index in [1.807, 2.05) is 13.8 Å². The SMILES string of the molecule is CC(C)[Si](Cl)(Cl)O[SiH3]. The van der Waals surface area contributed by atoms with Crippen molar-refractivity contribution in [1.82, 2.24) is 0 Å². The molecule has 0 atom stereocenters. The molecule has 0 fully saturated rings. The van der Waals surface area contributed by atoms with Gasteiger partial charge < -0.3 is 4.12 Å². The molecule has 0 aromatic rings. The highest BCUT2D eigenvalue weighted by Gasteiger charge is 2.32. The zero-order chi connectivity index (χ0) is 6.78. The third kappa shape index (κ3) is 2.50. The number of hydrogen-bond donors (Lipinski definition) is 0. The van der Waals surface area contributed by atoms with Crippen LogP contribution in [0.25, 0.3) is 0 Å². The van der Waals surface area contributed by atoms with Crippen LogP contribution in [0.3, 0.4) is 0 Å².